The van der Waals surface area contributed by atoms with Crippen molar-refractivity contribution in [1.82, 2.24) is 20.4 Å². The Morgan fingerprint density at radius 2 is 2.10 bits per heavy atom. The molecule has 11 heteroatoms. The van der Waals surface area contributed by atoms with Gasteiger partial charge in [-0.1, -0.05) is 35.2 Å². The molecule has 2 fully saturated rings. The lowest BCUT2D eigenvalue weighted by atomic mass is 9.96. The number of imide groups is 1. The van der Waals surface area contributed by atoms with Gasteiger partial charge in [0.1, 0.15) is 12.1 Å². The maximum absolute atomic E-state index is 12.6. The van der Waals surface area contributed by atoms with Crippen molar-refractivity contribution in [2.75, 3.05) is 11.9 Å². The van der Waals surface area contributed by atoms with Crippen LogP contribution in [0.25, 0.3) is 0 Å². The Bertz CT molecular complexity index is 1040. The summed E-state index contributed by atoms with van der Waals surface area (Å²) in [4.78, 5) is 38.0. The van der Waals surface area contributed by atoms with Crippen molar-refractivity contribution in [3.63, 3.8) is 0 Å². The van der Waals surface area contributed by atoms with Gasteiger partial charge >= 0.3 is 6.03 Å². The molecular formula is C19H18N6O3S2. The molecule has 0 unspecified atom stereocenters. The fourth-order valence-corrected chi connectivity index (χ4v) is 4.96. The second-order valence-corrected chi connectivity index (χ2v) is 9.52. The number of nitriles is 1. The van der Waals surface area contributed by atoms with Gasteiger partial charge in [-0.3, -0.25) is 19.8 Å². The minimum atomic E-state index is -0.907. The van der Waals surface area contributed by atoms with Crippen LogP contribution in [0.15, 0.2) is 28.6 Å². The predicted octanol–water partition coefficient (Wildman–Crippen LogP) is 2.36. The third-order valence-corrected chi connectivity index (χ3v) is 7.14. The number of amides is 4. The van der Waals surface area contributed by atoms with Crippen molar-refractivity contribution in [2.45, 2.75) is 35.4 Å². The van der Waals surface area contributed by atoms with Crippen LogP contribution in [0.3, 0.4) is 0 Å². The molecule has 1 aromatic heterocycles. The third-order valence-electron chi connectivity index (χ3n) is 5.09. The molecule has 1 atom stereocenters. The number of nitrogens with zero attached hydrogens (tertiary/aromatic N) is 4. The summed E-state index contributed by atoms with van der Waals surface area (Å²) in [5.41, 5.74) is 0.736. The number of urea groups is 1. The fourth-order valence-electron chi connectivity index (χ4n) is 3.24. The van der Waals surface area contributed by atoms with E-state index >= 15 is 0 Å². The van der Waals surface area contributed by atoms with Crippen LogP contribution in [-0.4, -0.2) is 45.0 Å². The number of carbonyl (C=O) groups excluding carboxylic acids is 3. The molecule has 154 valence electrons. The molecule has 4 amide bonds. The summed E-state index contributed by atoms with van der Waals surface area (Å²) in [5, 5.41) is 22.4. The molecule has 0 spiro atoms. The van der Waals surface area contributed by atoms with Crippen LogP contribution in [0.4, 0.5) is 9.93 Å². The molecule has 1 aliphatic carbocycles. The van der Waals surface area contributed by atoms with Crippen LogP contribution in [-0.2, 0) is 15.3 Å². The van der Waals surface area contributed by atoms with Gasteiger partial charge in [0, 0.05) is 5.75 Å². The summed E-state index contributed by atoms with van der Waals surface area (Å²) in [7, 11) is 0. The van der Waals surface area contributed by atoms with Crippen molar-refractivity contribution in [2.24, 2.45) is 5.92 Å². The largest absolute Gasteiger partial charge is 0.325 e. The van der Waals surface area contributed by atoms with Crippen LogP contribution in [0.2, 0.25) is 0 Å². The quantitative estimate of drug-likeness (QED) is 0.383. The number of aromatic nitrogens is 2. The Labute approximate surface area is 180 Å². The van der Waals surface area contributed by atoms with Crippen LogP contribution in [0, 0.1) is 17.2 Å². The van der Waals surface area contributed by atoms with E-state index in [1.165, 1.54) is 23.1 Å². The van der Waals surface area contributed by atoms with E-state index in [1.54, 1.807) is 19.1 Å². The van der Waals surface area contributed by atoms with E-state index < -0.39 is 17.5 Å². The van der Waals surface area contributed by atoms with Crippen molar-refractivity contribution in [3.05, 3.63) is 35.4 Å². The molecule has 30 heavy (non-hydrogen) atoms. The van der Waals surface area contributed by atoms with E-state index in [1.807, 2.05) is 12.1 Å². The fraction of sp³-hybridized carbons (Fsp3) is 0.368. The standard InChI is InChI=1S/C19H18N6O3S2/c1-19(13-6-7-13)15(27)25(17(28)22-19)9-14(26)21-16-23-24-18(30-16)29-10-12-4-2-11(8-20)3-5-12/h2-5,13H,6-7,9-10H2,1H3,(H,22,28)(H,21,23,26)/t19-/m1/s1. The highest BCUT2D eigenvalue weighted by Crippen LogP contribution is 2.42. The lowest BCUT2D eigenvalue weighted by molar-refractivity contribution is -0.134. The Morgan fingerprint density at radius 1 is 1.37 bits per heavy atom. The minimum absolute atomic E-state index is 0.140. The summed E-state index contributed by atoms with van der Waals surface area (Å²) in [6, 6.07) is 8.80. The Balaban J connectivity index is 1.30. The molecule has 2 aromatic rings. The van der Waals surface area contributed by atoms with Gasteiger partial charge in [-0.2, -0.15) is 5.26 Å². The lowest BCUT2D eigenvalue weighted by Crippen LogP contribution is -2.46. The molecule has 2 heterocycles. The lowest BCUT2D eigenvalue weighted by Gasteiger charge is -2.20. The number of nitrogens with one attached hydrogen (secondary N) is 2. The van der Waals surface area contributed by atoms with Crippen LogP contribution in [0.1, 0.15) is 30.9 Å². The van der Waals surface area contributed by atoms with E-state index in [4.69, 9.17) is 5.26 Å². The number of rotatable bonds is 7. The number of hydrogen-bond donors (Lipinski definition) is 2. The smallest absolute Gasteiger partial charge is 0.323 e. The van der Waals surface area contributed by atoms with Gasteiger partial charge in [0.05, 0.1) is 11.6 Å². The average molecular weight is 443 g/mol. The van der Waals surface area contributed by atoms with Gasteiger partial charge < -0.3 is 5.32 Å². The second-order valence-electron chi connectivity index (χ2n) is 7.32. The van der Waals surface area contributed by atoms with Crippen molar-refractivity contribution in [3.8, 4) is 6.07 Å². The molecule has 9 nitrogen and oxygen atoms in total. The zero-order chi connectivity index (χ0) is 21.3. The summed E-state index contributed by atoms with van der Waals surface area (Å²) < 4.78 is 0.672. The molecule has 1 saturated carbocycles. The zero-order valence-corrected chi connectivity index (χ0v) is 17.7. The molecule has 1 aliphatic heterocycles. The third kappa shape index (κ3) is 4.15. The first-order valence-corrected chi connectivity index (χ1v) is 11.1. The van der Waals surface area contributed by atoms with E-state index in [0.29, 0.717) is 20.8 Å². The highest BCUT2D eigenvalue weighted by Gasteiger charge is 2.56. The summed E-state index contributed by atoms with van der Waals surface area (Å²) in [5.74, 6) is -0.0727. The molecule has 0 bridgehead atoms. The molecule has 1 aromatic carbocycles. The van der Waals surface area contributed by atoms with Crippen LogP contribution >= 0.6 is 23.1 Å². The Morgan fingerprint density at radius 3 is 2.77 bits per heavy atom. The van der Waals surface area contributed by atoms with Crippen LogP contribution < -0.4 is 10.6 Å². The van der Waals surface area contributed by atoms with Crippen LogP contribution in [0.5, 0.6) is 0 Å². The number of benzene rings is 1. The predicted molar refractivity (Wildman–Crippen MR) is 111 cm³/mol. The van der Waals surface area contributed by atoms with Crippen molar-refractivity contribution < 1.29 is 14.4 Å². The molecule has 2 aliphatic rings. The van der Waals surface area contributed by atoms with Gasteiger partial charge in [-0.15, -0.1) is 10.2 Å². The van der Waals surface area contributed by atoms with Gasteiger partial charge in [-0.05, 0) is 43.4 Å². The zero-order valence-electron chi connectivity index (χ0n) is 16.0. The average Bonchev–Trinajstić information content (AvgIpc) is 3.47. The number of thioether (sulfide) groups is 1. The van der Waals surface area contributed by atoms with Gasteiger partial charge in [0.25, 0.3) is 5.91 Å². The topological polar surface area (TPSA) is 128 Å². The first-order chi connectivity index (χ1) is 14.4. The molecule has 0 radical (unpaired) electrons. The number of hydrogen-bond acceptors (Lipinski definition) is 8. The molecular weight excluding hydrogens is 424 g/mol. The van der Waals surface area contributed by atoms with Crippen molar-refractivity contribution in [1.29, 1.82) is 5.26 Å². The van der Waals surface area contributed by atoms with E-state index in [-0.39, 0.29) is 18.4 Å². The van der Waals surface area contributed by atoms with Gasteiger partial charge in [0.2, 0.25) is 11.0 Å². The molecule has 1 saturated heterocycles. The highest BCUT2D eigenvalue weighted by atomic mass is 32.2. The van der Waals surface area contributed by atoms with E-state index in [9.17, 15) is 14.4 Å². The summed E-state index contributed by atoms with van der Waals surface area (Å²) >= 11 is 2.68. The maximum atomic E-state index is 12.6. The first-order valence-electron chi connectivity index (χ1n) is 9.28. The van der Waals surface area contributed by atoms with Gasteiger partial charge in [0.15, 0.2) is 4.34 Å². The Kier molecular flexibility index (Phi) is 5.44. The molecule has 2 N–H and O–H groups in total. The normalized spacial score (nSPS) is 20.7. The SMILES string of the molecule is C[C@]1(C2CC2)NC(=O)N(CC(=O)Nc2nnc(SCc3ccc(C#N)cc3)s2)C1=O. The monoisotopic (exact) mass is 442 g/mol. The number of carbonyl (C=O) groups is 3. The first kappa shape index (κ1) is 20.3. The minimum Gasteiger partial charge on any atom is -0.323 e. The molecule has 4 rings (SSSR count). The maximum Gasteiger partial charge on any atom is 0.325 e. The summed E-state index contributed by atoms with van der Waals surface area (Å²) in [6.07, 6.45) is 1.80. The van der Waals surface area contributed by atoms with E-state index in [2.05, 4.69) is 26.9 Å². The van der Waals surface area contributed by atoms with Gasteiger partial charge in [-0.25, -0.2) is 4.79 Å². The summed E-state index contributed by atoms with van der Waals surface area (Å²) in [6.45, 7) is 1.35. The van der Waals surface area contributed by atoms with E-state index in [0.717, 1.165) is 23.3 Å². The highest BCUT2D eigenvalue weighted by molar-refractivity contribution is 8.00. The number of anilines is 1. The Hall–Kier alpha value is -2.97. The second kappa shape index (κ2) is 8.04. The van der Waals surface area contributed by atoms with Crippen molar-refractivity contribution >= 4 is 46.1 Å².